The van der Waals surface area contributed by atoms with Crippen LogP contribution in [0.3, 0.4) is 0 Å². The van der Waals surface area contributed by atoms with Crippen molar-refractivity contribution >= 4 is 23.3 Å². The van der Waals surface area contributed by atoms with E-state index in [1.165, 1.54) is 22.5 Å². The molecule has 0 saturated heterocycles. The van der Waals surface area contributed by atoms with Crippen molar-refractivity contribution in [2.75, 3.05) is 6.61 Å². The third kappa shape index (κ3) is 3.41. The maximum absolute atomic E-state index is 12.1. The Morgan fingerprint density at radius 1 is 1.07 bits per heavy atom. The van der Waals surface area contributed by atoms with E-state index in [1.807, 2.05) is 24.3 Å². The van der Waals surface area contributed by atoms with Crippen LogP contribution in [0, 0.1) is 0 Å². The SMILES string of the molecule is NC(=O)c1csc(CNC(=O)OCC2c3ccccc3-c3ccccc32)n1. The van der Waals surface area contributed by atoms with Gasteiger partial charge in [0.1, 0.15) is 17.3 Å². The van der Waals surface area contributed by atoms with Crippen LogP contribution in [0.1, 0.15) is 32.5 Å². The van der Waals surface area contributed by atoms with Crippen molar-refractivity contribution in [1.82, 2.24) is 10.3 Å². The van der Waals surface area contributed by atoms with Crippen LogP contribution >= 0.6 is 11.3 Å². The first-order valence-corrected chi connectivity index (χ1v) is 9.34. The topological polar surface area (TPSA) is 94.3 Å². The minimum atomic E-state index is -0.585. The van der Waals surface area contributed by atoms with E-state index in [1.54, 1.807) is 5.38 Å². The number of hydrogen-bond donors (Lipinski definition) is 2. The maximum Gasteiger partial charge on any atom is 0.407 e. The number of alkyl carbamates (subject to hydrolysis) is 1. The number of nitrogens with two attached hydrogens (primary N) is 1. The van der Waals surface area contributed by atoms with E-state index in [4.69, 9.17) is 10.5 Å². The fourth-order valence-corrected chi connectivity index (χ4v) is 4.03. The molecule has 0 saturated carbocycles. The first kappa shape index (κ1) is 17.2. The minimum absolute atomic E-state index is 0.0180. The third-order valence-electron chi connectivity index (χ3n) is 4.53. The highest BCUT2D eigenvalue weighted by Gasteiger charge is 2.28. The number of fused-ring (bicyclic) bond motifs is 3. The van der Waals surface area contributed by atoms with Crippen molar-refractivity contribution in [2.45, 2.75) is 12.5 Å². The molecule has 0 atom stereocenters. The van der Waals surface area contributed by atoms with Gasteiger partial charge in [-0.05, 0) is 22.3 Å². The number of rotatable bonds is 5. The number of carbonyl (C=O) groups is 2. The van der Waals surface area contributed by atoms with Crippen LogP contribution in [-0.4, -0.2) is 23.6 Å². The van der Waals surface area contributed by atoms with E-state index in [2.05, 4.69) is 34.6 Å². The predicted molar refractivity (Wildman–Crippen MR) is 103 cm³/mol. The third-order valence-corrected chi connectivity index (χ3v) is 5.38. The fourth-order valence-electron chi connectivity index (χ4n) is 3.30. The van der Waals surface area contributed by atoms with Gasteiger partial charge in [-0.3, -0.25) is 4.79 Å². The van der Waals surface area contributed by atoms with Gasteiger partial charge in [0.25, 0.3) is 5.91 Å². The molecule has 1 aromatic heterocycles. The highest BCUT2D eigenvalue weighted by Crippen LogP contribution is 2.44. The molecule has 2 amide bonds. The van der Waals surface area contributed by atoms with Crippen LogP contribution in [0.15, 0.2) is 53.9 Å². The molecule has 0 aliphatic heterocycles. The number of aromatic nitrogens is 1. The van der Waals surface area contributed by atoms with Crippen LogP contribution in [0.25, 0.3) is 11.1 Å². The lowest BCUT2D eigenvalue weighted by atomic mass is 9.98. The lowest BCUT2D eigenvalue weighted by Gasteiger charge is -2.14. The summed E-state index contributed by atoms with van der Waals surface area (Å²) in [6.07, 6.45) is -0.521. The molecule has 1 aliphatic rings. The molecule has 0 unspecified atom stereocenters. The zero-order valence-corrected chi connectivity index (χ0v) is 15.2. The molecule has 4 rings (SSSR count). The van der Waals surface area contributed by atoms with Crippen molar-refractivity contribution < 1.29 is 14.3 Å². The monoisotopic (exact) mass is 379 g/mol. The number of thiazole rings is 1. The summed E-state index contributed by atoms with van der Waals surface area (Å²) in [6, 6.07) is 16.3. The number of carbonyl (C=O) groups excluding carboxylic acids is 2. The van der Waals surface area contributed by atoms with E-state index in [9.17, 15) is 9.59 Å². The average Bonchev–Trinajstić information content (AvgIpc) is 3.28. The smallest absolute Gasteiger partial charge is 0.407 e. The molecule has 6 nitrogen and oxygen atoms in total. The second-order valence-electron chi connectivity index (χ2n) is 6.17. The molecule has 0 fully saturated rings. The molecule has 1 aliphatic carbocycles. The van der Waals surface area contributed by atoms with Crippen molar-refractivity contribution in [3.05, 3.63) is 75.7 Å². The van der Waals surface area contributed by atoms with Gasteiger partial charge >= 0.3 is 6.09 Å². The number of hydrogen-bond acceptors (Lipinski definition) is 5. The van der Waals surface area contributed by atoms with Crippen LogP contribution < -0.4 is 11.1 Å². The molecule has 1 heterocycles. The quantitative estimate of drug-likeness (QED) is 0.711. The van der Waals surface area contributed by atoms with E-state index in [0.717, 1.165) is 11.1 Å². The van der Waals surface area contributed by atoms with Crippen LogP contribution in [0.2, 0.25) is 0 Å². The summed E-state index contributed by atoms with van der Waals surface area (Å²) in [5.74, 6) is -0.567. The summed E-state index contributed by atoms with van der Waals surface area (Å²) in [6.45, 7) is 0.443. The highest BCUT2D eigenvalue weighted by atomic mass is 32.1. The van der Waals surface area contributed by atoms with Crippen LogP contribution in [0.4, 0.5) is 4.79 Å². The van der Waals surface area contributed by atoms with Gasteiger partial charge in [0.05, 0.1) is 6.54 Å². The molecule has 3 N–H and O–H groups in total. The number of primary amides is 1. The van der Waals surface area contributed by atoms with Crippen molar-refractivity contribution in [3.63, 3.8) is 0 Å². The van der Waals surface area contributed by atoms with Crippen LogP contribution in [-0.2, 0) is 11.3 Å². The van der Waals surface area contributed by atoms with E-state index >= 15 is 0 Å². The molecule has 2 aromatic carbocycles. The Balaban J connectivity index is 1.39. The van der Waals surface area contributed by atoms with Crippen molar-refractivity contribution in [1.29, 1.82) is 0 Å². The lowest BCUT2D eigenvalue weighted by Crippen LogP contribution is -2.25. The second kappa shape index (κ2) is 7.20. The summed E-state index contributed by atoms with van der Waals surface area (Å²) in [4.78, 5) is 27.2. The Hall–Kier alpha value is -3.19. The normalized spacial score (nSPS) is 12.3. The van der Waals surface area contributed by atoms with Gasteiger partial charge in [-0.15, -0.1) is 11.3 Å². The zero-order valence-electron chi connectivity index (χ0n) is 14.3. The minimum Gasteiger partial charge on any atom is -0.449 e. The summed E-state index contributed by atoms with van der Waals surface area (Å²) in [5, 5.41) is 4.82. The Labute approximate surface area is 160 Å². The Morgan fingerprint density at radius 2 is 1.70 bits per heavy atom. The summed E-state index contributed by atoms with van der Waals surface area (Å²) in [7, 11) is 0. The lowest BCUT2D eigenvalue weighted by molar-refractivity contribution is 0.0996. The summed E-state index contributed by atoms with van der Waals surface area (Å²) >= 11 is 1.26. The number of benzene rings is 2. The number of ether oxygens (including phenoxy) is 1. The van der Waals surface area contributed by atoms with Crippen molar-refractivity contribution in [3.8, 4) is 11.1 Å². The Morgan fingerprint density at radius 3 is 2.30 bits per heavy atom. The first-order chi connectivity index (χ1) is 13.1. The molecule has 0 bridgehead atoms. The molecule has 136 valence electrons. The van der Waals surface area contributed by atoms with Gasteiger partial charge in [-0.2, -0.15) is 0 Å². The molecule has 0 spiro atoms. The Kier molecular flexibility index (Phi) is 4.60. The average molecular weight is 379 g/mol. The zero-order chi connectivity index (χ0) is 18.8. The van der Waals surface area contributed by atoms with E-state index < -0.39 is 12.0 Å². The second-order valence-corrected chi connectivity index (χ2v) is 7.11. The van der Waals surface area contributed by atoms with E-state index in [-0.39, 0.29) is 24.8 Å². The number of nitrogens with zero attached hydrogens (tertiary/aromatic N) is 1. The predicted octanol–water partition coefficient (Wildman–Crippen LogP) is 3.28. The Bertz CT molecular complexity index is 969. The van der Waals surface area contributed by atoms with Gasteiger partial charge < -0.3 is 15.8 Å². The van der Waals surface area contributed by atoms with Gasteiger partial charge in [0, 0.05) is 11.3 Å². The highest BCUT2D eigenvalue weighted by molar-refractivity contribution is 7.09. The fraction of sp³-hybridized carbons (Fsp3) is 0.150. The molecular formula is C20H17N3O3S. The van der Waals surface area contributed by atoms with Gasteiger partial charge in [-0.25, -0.2) is 9.78 Å². The molecule has 3 aromatic rings. The largest absolute Gasteiger partial charge is 0.449 e. The van der Waals surface area contributed by atoms with Gasteiger partial charge in [-0.1, -0.05) is 48.5 Å². The first-order valence-electron chi connectivity index (χ1n) is 8.46. The summed E-state index contributed by atoms with van der Waals surface area (Å²) in [5.41, 5.74) is 10.1. The van der Waals surface area contributed by atoms with Gasteiger partial charge in [0.15, 0.2) is 0 Å². The molecule has 0 radical (unpaired) electrons. The number of nitrogens with one attached hydrogen (secondary N) is 1. The van der Waals surface area contributed by atoms with Crippen LogP contribution in [0.5, 0.6) is 0 Å². The summed E-state index contributed by atoms with van der Waals surface area (Å²) < 4.78 is 5.45. The molecule has 27 heavy (non-hydrogen) atoms. The van der Waals surface area contributed by atoms with Crippen molar-refractivity contribution in [2.24, 2.45) is 5.73 Å². The maximum atomic E-state index is 12.1. The number of amides is 2. The molecular weight excluding hydrogens is 362 g/mol. The van der Waals surface area contributed by atoms with Gasteiger partial charge in [0.2, 0.25) is 0 Å². The van der Waals surface area contributed by atoms with E-state index in [0.29, 0.717) is 5.01 Å². The standard InChI is InChI=1S/C20H17N3O3S/c21-19(24)17-11-27-18(23-17)9-22-20(25)26-10-16-14-7-3-1-5-12(14)13-6-2-4-8-15(13)16/h1-8,11,16H,9-10H2,(H2,21,24)(H,22,25). The molecule has 7 heteroatoms.